The third-order valence-electron chi connectivity index (χ3n) is 3.27. The van der Waals surface area contributed by atoms with Crippen LogP contribution in [-0.4, -0.2) is 22.1 Å². The summed E-state index contributed by atoms with van der Waals surface area (Å²) in [7, 11) is 0. The van der Waals surface area contributed by atoms with Crippen molar-refractivity contribution in [3.8, 4) is 0 Å². The molecule has 0 fully saturated rings. The Balaban J connectivity index is 1.76. The van der Waals surface area contributed by atoms with E-state index >= 15 is 0 Å². The molecule has 2 rings (SSSR count). The number of carboxylic acids is 1. The average molecular weight is 302 g/mol. The normalized spacial score (nSPS) is 10.4. The molecule has 0 unspecified atom stereocenters. The van der Waals surface area contributed by atoms with Crippen LogP contribution in [0.1, 0.15) is 40.7 Å². The van der Waals surface area contributed by atoms with E-state index in [1.54, 1.807) is 12.1 Å². The molecular weight excluding hydrogens is 284 g/mol. The highest BCUT2D eigenvalue weighted by Gasteiger charge is 2.07. The summed E-state index contributed by atoms with van der Waals surface area (Å²) in [5.74, 6) is -0.407. The molecule has 0 saturated carbocycles. The van der Waals surface area contributed by atoms with Crippen LogP contribution in [0.3, 0.4) is 0 Å². The van der Waals surface area contributed by atoms with Gasteiger partial charge in [-0.15, -0.1) is 0 Å². The molecule has 116 valence electrons. The van der Waals surface area contributed by atoms with E-state index in [1.807, 2.05) is 13.0 Å². The van der Waals surface area contributed by atoms with Gasteiger partial charge in [0.05, 0.1) is 17.8 Å². The van der Waals surface area contributed by atoms with Crippen molar-refractivity contribution in [3.05, 3.63) is 52.9 Å². The van der Waals surface area contributed by atoms with Crippen LogP contribution in [0.25, 0.3) is 0 Å². The van der Waals surface area contributed by atoms with Gasteiger partial charge < -0.3 is 14.9 Å². The molecule has 1 amide bonds. The zero-order chi connectivity index (χ0) is 15.9. The van der Waals surface area contributed by atoms with E-state index in [0.717, 1.165) is 17.7 Å². The summed E-state index contributed by atoms with van der Waals surface area (Å²) in [6, 6.07) is 8.35. The molecule has 1 aromatic carbocycles. The van der Waals surface area contributed by atoms with Crippen LogP contribution in [0.5, 0.6) is 0 Å². The molecule has 0 aliphatic heterocycles. The van der Waals surface area contributed by atoms with Crippen LogP contribution in [0, 0.1) is 0 Å². The fourth-order valence-electron chi connectivity index (χ4n) is 1.95. The van der Waals surface area contributed by atoms with Crippen LogP contribution >= 0.6 is 0 Å². The summed E-state index contributed by atoms with van der Waals surface area (Å²) in [6.45, 7) is 2.31. The van der Waals surface area contributed by atoms with E-state index in [4.69, 9.17) is 9.63 Å². The van der Waals surface area contributed by atoms with Crippen molar-refractivity contribution < 1.29 is 19.2 Å². The van der Waals surface area contributed by atoms with Gasteiger partial charge in [-0.2, -0.15) is 0 Å². The number of carbonyl (C=O) groups is 2. The quantitative estimate of drug-likeness (QED) is 0.818. The van der Waals surface area contributed by atoms with Crippen LogP contribution in [-0.2, 0) is 24.2 Å². The maximum atomic E-state index is 11.8. The molecule has 0 spiro atoms. The third-order valence-corrected chi connectivity index (χ3v) is 3.27. The monoisotopic (exact) mass is 302 g/mol. The zero-order valence-electron chi connectivity index (χ0n) is 12.3. The Kier molecular flexibility index (Phi) is 5.30. The highest BCUT2D eigenvalue weighted by atomic mass is 16.5. The highest BCUT2D eigenvalue weighted by Crippen LogP contribution is 2.07. The lowest BCUT2D eigenvalue weighted by Gasteiger charge is -2.04. The van der Waals surface area contributed by atoms with Gasteiger partial charge in [0.2, 0.25) is 5.91 Å². The first kappa shape index (κ1) is 15.8. The van der Waals surface area contributed by atoms with Gasteiger partial charge in [0.1, 0.15) is 0 Å². The molecule has 1 heterocycles. The number of hydrogen-bond donors (Lipinski definition) is 2. The first-order valence-corrected chi connectivity index (χ1v) is 7.12. The predicted molar refractivity (Wildman–Crippen MR) is 79.5 cm³/mol. The maximum absolute atomic E-state index is 11.8. The minimum absolute atomic E-state index is 0.0863. The molecule has 0 aliphatic rings. The lowest BCUT2D eigenvalue weighted by Crippen LogP contribution is -2.22. The average Bonchev–Trinajstić information content (AvgIpc) is 2.99. The second-order valence-electron chi connectivity index (χ2n) is 4.92. The smallest absolute Gasteiger partial charge is 0.335 e. The number of aromatic carboxylic acids is 1. The van der Waals surface area contributed by atoms with Crippen molar-refractivity contribution in [1.29, 1.82) is 0 Å². The van der Waals surface area contributed by atoms with Gasteiger partial charge in [0.15, 0.2) is 5.76 Å². The van der Waals surface area contributed by atoms with E-state index in [0.29, 0.717) is 25.1 Å². The topological polar surface area (TPSA) is 92.4 Å². The van der Waals surface area contributed by atoms with Crippen molar-refractivity contribution in [2.45, 2.75) is 32.7 Å². The van der Waals surface area contributed by atoms with Gasteiger partial charge in [0.25, 0.3) is 0 Å². The molecule has 1 aromatic heterocycles. The van der Waals surface area contributed by atoms with Crippen LogP contribution < -0.4 is 5.32 Å². The highest BCUT2D eigenvalue weighted by molar-refractivity contribution is 5.87. The number of carbonyl (C=O) groups excluding carboxylic acids is 1. The number of rotatable bonds is 7. The fourth-order valence-corrected chi connectivity index (χ4v) is 1.95. The number of nitrogens with one attached hydrogen (secondary N) is 1. The largest absolute Gasteiger partial charge is 0.478 e. The van der Waals surface area contributed by atoms with Crippen molar-refractivity contribution in [1.82, 2.24) is 10.5 Å². The number of aromatic nitrogens is 1. The molecule has 2 aromatic rings. The summed E-state index contributed by atoms with van der Waals surface area (Å²) < 4.78 is 5.08. The number of hydrogen-bond acceptors (Lipinski definition) is 4. The second kappa shape index (κ2) is 7.40. The van der Waals surface area contributed by atoms with E-state index in [1.165, 1.54) is 12.1 Å². The SMILES string of the molecule is CCc1cc(CNC(=O)CCc2ccc(C(=O)O)cc2)on1. The zero-order valence-corrected chi connectivity index (χ0v) is 12.3. The van der Waals surface area contributed by atoms with Gasteiger partial charge in [-0.1, -0.05) is 24.2 Å². The fraction of sp³-hybridized carbons (Fsp3) is 0.312. The van der Waals surface area contributed by atoms with E-state index in [2.05, 4.69) is 10.5 Å². The summed E-state index contributed by atoms with van der Waals surface area (Å²) in [5, 5.41) is 15.4. The summed E-state index contributed by atoms with van der Waals surface area (Å²) in [4.78, 5) is 22.5. The lowest BCUT2D eigenvalue weighted by atomic mass is 10.1. The molecule has 22 heavy (non-hydrogen) atoms. The van der Waals surface area contributed by atoms with Gasteiger partial charge in [0, 0.05) is 12.5 Å². The van der Waals surface area contributed by atoms with Gasteiger partial charge in [-0.3, -0.25) is 4.79 Å². The summed E-state index contributed by atoms with van der Waals surface area (Å²) >= 11 is 0. The van der Waals surface area contributed by atoms with Crippen molar-refractivity contribution in [2.75, 3.05) is 0 Å². The van der Waals surface area contributed by atoms with E-state index in [9.17, 15) is 9.59 Å². The predicted octanol–water partition coefficient (Wildman–Crippen LogP) is 2.18. The summed E-state index contributed by atoms with van der Waals surface area (Å²) in [5.41, 5.74) is 2.03. The van der Waals surface area contributed by atoms with E-state index in [-0.39, 0.29) is 11.5 Å². The van der Waals surface area contributed by atoms with Gasteiger partial charge in [-0.05, 0) is 30.5 Å². The molecule has 6 nitrogen and oxygen atoms in total. The molecule has 0 radical (unpaired) electrons. The molecule has 2 N–H and O–H groups in total. The van der Waals surface area contributed by atoms with Crippen molar-refractivity contribution >= 4 is 11.9 Å². The van der Waals surface area contributed by atoms with Gasteiger partial charge >= 0.3 is 5.97 Å². The first-order valence-electron chi connectivity index (χ1n) is 7.12. The number of aryl methyl sites for hydroxylation is 2. The Bertz CT molecular complexity index is 646. The molecule has 0 bridgehead atoms. The van der Waals surface area contributed by atoms with Crippen molar-refractivity contribution in [3.63, 3.8) is 0 Å². The Morgan fingerprint density at radius 1 is 1.27 bits per heavy atom. The first-order chi connectivity index (χ1) is 10.6. The number of amides is 1. The molecule has 0 aliphatic carbocycles. The Morgan fingerprint density at radius 3 is 2.59 bits per heavy atom. The Morgan fingerprint density at radius 2 is 2.00 bits per heavy atom. The maximum Gasteiger partial charge on any atom is 0.335 e. The third kappa shape index (κ3) is 4.44. The van der Waals surface area contributed by atoms with Gasteiger partial charge in [-0.25, -0.2) is 4.79 Å². The number of carboxylic acid groups (broad SMARTS) is 1. The molecule has 0 atom stereocenters. The van der Waals surface area contributed by atoms with E-state index < -0.39 is 5.97 Å². The molecule has 0 saturated heterocycles. The number of benzene rings is 1. The molecular formula is C16H18N2O4. The van der Waals surface area contributed by atoms with Crippen LogP contribution in [0.15, 0.2) is 34.9 Å². The van der Waals surface area contributed by atoms with Crippen molar-refractivity contribution in [2.24, 2.45) is 0 Å². The van der Waals surface area contributed by atoms with Crippen LogP contribution in [0.2, 0.25) is 0 Å². The Labute approximate surface area is 128 Å². The minimum atomic E-state index is -0.956. The lowest BCUT2D eigenvalue weighted by molar-refractivity contribution is -0.121. The summed E-state index contributed by atoms with van der Waals surface area (Å²) in [6.07, 6.45) is 1.69. The Hall–Kier alpha value is -2.63. The minimum Gasteiger partial charge on any atom is -0.478 e. The number of nitrogens with zero attached hydrogens (tertiary/aromatic N) is 1. The standard InChI is InChI=1S/C16H18N2O4/c1-2-13-9-14(22-18-13)10-17-15(19)8-5-11-3-6-12(7-4-11)16(20)21/h3-4,6-7,9H,2,5,8,10H2,1H3,(H,17,19)(H,20,21). The van der Waals surface area contributed by atoms with Crippen LogP contribution in [0.4, 0.5) is 0 Å². The second-order valence-corrected chi connectivity index (χ2v) is 4.92. The molecule has 6 heteroatoms.